The predicted molar refractivity (Wildman–Crippen MR) is 50.3 cm³/mol. The molecule has 70 valence electrons. The predicted octanol–water partition coefficient (Wildman–Crippen LogP) is 0.347. The summed E-state index contributed by atoms with van der Waals surface area (Å²) < 4.78 is 4.95. The topological polar surface area (TPSA) is 50.3 Å². The smallest absolute Gasteiger partial charge is 0.318 e. The molecule has 1 aliphatic heterocycles. The molecule has 1 aliphatic rings. The quantitative estimate of drug-likeness (QED) is 0.675. The summed E-state index contributed by atoms with van der Waals surface area (Å²) in [4.78, 5) is 10.3. The molecule has 5 nitrogen and oxygen atoms in total. The first-order valence-corrected chi connectivity index (χ1v) is 4.17. The molecule has 0 saturated carbocycles. The van der Waals surface area contributed by atoms with Crippen molar-refractivity contribution in [3.63, 3.8) is 0 Å². The van der Waals surface area contributed by atoms with Gasteiger partial charge in [-0.25, -0.2) is 4.98 Å². The number of nitrogens with zero attached hydrogens (tertiary/aromatic N) is 3. The van der Waals surface area contributed by atoms with Gasteiger partial charge in [0.1, 0.15) is 0 Å². The summed E-state index contributed by atoms with van der Waals surface area (Å²) in [5, 5.41) is 3.22. The van der Waals surface area contributed by atoms with Gasteiger partial charge >= 0.3 is 6.01 Å². The second-order valence-corrected chi connectivity index (χ2v) is 2.94. The van der Waals surface area contributed by atoms with E-state index in [0.717, 1.165) is 24.6 Å². The minimum absolute atomic E-state index is 0.411. The monoisotopic (exact) mass is 180 g/mol. The van der Waals surface area contributed by atoms with Crippen molar-refractivity contribution in [1.82, 2.24) is 9.97 Å². The molecule has 0 aromatic carbocycles. The summed E-state index contributed by atoms with van der Waals surface area (Å²) in [5.74, 6) is 0.901. The fraction of sp³-hybridized carbons (Fsp3) is 0.500. The molecular formula is C8H12N4O. The molecule has 0 unspecified atom stereocenters. The zero-order valence-corrected chi connectivity index (χ0v) is 7.74. The fourth-order valence-corrected chi connectivity index (χ4v) is 1.34. The molecule has 13 heavy (non-hydrogen) atoms. The van der Waals surface area contributed by atoms with Crippen molar-refractivity contribution < 1.29 is 4.74 Å². The fourth-order valence-electron chi connectivity index (χ4n) is 1.34. The third kappa shape index (κ3) is 1.37. The third-order valence-electron chi connectivity index (χ3n) is 2.05. The number of anilines is 2. The number of ether oxygens (including phenoxy) is 1. The Bertz CT molecular complexity index is 315. The van der Waals surface area contributed by atoms with Crippen LogP contribution in [0.3, 0.4) is 0 Å². The highest BCUT2D eigenvalue weighted by atomic mass is 16.5. The van der Waals surface area contributed by atoms with Crippen LogP contribution in [0, 0.1) is 0 Å². The molecular weight excluding hydrogens is 168 g/mol. The zero-order chi connectivity index (χ0) is 9.26. The van der Waals surface area contributed by atoms with Crippen LogP contribution in [0.4, 0.5) is 11.5 Å². The van der Waals surface area contributed by atoms with E-state index in [1.807, 2.05) is 7.05 Å². The van der Waals surface area contributed by atoms with Gasteiger partial charge in [0.15, 0.2) is 5.82 Å². The highest BCUT2D eigenvalue weighted by Crippen LogP contribution is 2.25. The highest BCUT2D eigenvalue weighted by Gasteiger charge is 2.15. The van der Waals surface area contributed by atoms with E-state index in [9.17, 15) is 0 Å². The van der Waals surface area contributed by atoms with Crippen LogP contribution in [0.1, 0.15) is 0 Å². The molecule has 1 N–H and O–H groups in total. The van der Waals surface area contributed by atoms with Gasteiger partial charge < -0.3 is 15.0 Å². The van der Waals surface area contributed by atoms with Gasteiger partial charge in [-0.15, -0.1) is 0 Å². The third-order valence-corrected chi connectivity index (χ3v) is 2.05. The molecule has 0 saturated heterocycles. The first kappa shape index (κ1) is 8.10. The summed E-state index contributed by atoms with van der Waals surface area (Å²) in [5.41, 5.74) is 0.967. The summed E-state index contributed by atoms with van der Waals surface area (Å²) in [6.45, 7) is 1.88. The number of hydrogen-bond acceptors (Lipinski definition) is 5. The maximum Gasteiger partial charge on any atom is 0.318 e. The standard InChI is InChI=1S/C8H12N4O/c1-12-4-3-9-6-5-10-8(13-2)11-7(6)12/h5,9H,3-4H2,1-2H3. The lowest BCUT2D eigenvalue weighted by molar-refractivity contribution is 0.380. The summed E-state index contributed by atoms with van der Waals surface area (Å²) >= 11 is 0. The number of rotatable bonds is 1. The Balaban J connectivity index is 2.41. The van der Waals surface area contributed by atoms with Crippen LogP contribution in [0.5, 0.6) is 6.01 Å². The van der Waals surface area contributed by atoms with Crippen LogP contribution in [-0.4, -0.2) is 37.2 Å². The molecule has 0 fully saturated rings. The van der Waals surface area contributed by atoms with Crippen LogP contribution >= 0.6 is 0 Å². The van der Waals surface area contributed by atoms with E-state index in [1.54, 1.807) is 13.3 Å². The molecule has 1 aromatic heterocycles. The Morgan fingerprint density at radius 1 is 1.62 bits per heavy atom. The van der Waals surface area contributed by atoms with Gasteiger partial charge in [-0.2, -0.15) is 4.98 Å². The van der Waals surface area contributed by atoms with Gasteiger partial charge in [-0.3, -0.25) is 0 Å². The van der Waals surface area contributed by atoms with E-state index >= 15 is 0 Å². The number of aromatic nitrogens is 2. The lowest BCUT2D eigenvalue weighted by atomic mass is 10.3. The van der Waals surface area contributed by atoms with Crippen LogP contribution in [-0.2, 0) is 0 Å². The van der Waals surface area contributed by atoms with Crippen LogP contribution in [0.25, 0.3) is 0 Å². The normalized spacial score (nSPS) is 14.8. The van der Waals surface area contributed by atoms with Gasteiger partial charge in [-0.05, 0) is 0 Å². The Morgan fingerprint density at radius 3 is 3.23 bits per heavy atom. The lowest BCUT2D eigenvalue weighted by Crippen LogP contribution is -2.31. The van der Waals surface area contributed by atoms with Crippen molar-refractivity contribution in [3.05, 3.63) is 6.20 Å². The Labute approximate surface area is 76.7 Å². The second-order valence-electron chi connectivity index (χ2n) is 2.94. The largest absolute Gasteiger partial charge is 0.467 e. The van der Waals surface area contributed by atoms with Crippen molar-refractivity contribution in [2.45, 2.75) is 0 Å². The molecule has 2 heterocycles. The maximum atomic E-state index is 4.95. The van der Waals surface area contributed by atoms with E-state index in [4.69, 9.17) is 4.74 Å². The average molecular weight is 180 g/mol. The SMILES string of the molecule is COc1ncc2c(n1)N(C)CCN2. The molecule has 0 bridgehead atoms. The number of hydrogen-bond donors (Lipinski definition) is 1. The zero-order valence-electron chi connectivity index (χ0n) is 7.74. The molecule has 0 amide bonds. The Morgan fingerprint density at radius 2 is 2.46 bits per heavy atom. The number of fused-ring (bicyclic) bond motifs is 1. The van der Waals surface area contributed by atoms with Crippen LogP contribution in [0.15, 0.2) is 6.20 Å². The Hall–Kier alpha value is -1.52. The van der Waals surface area contributed by atoms with Crippen molar-refractivity contribution in [1.29, 1.82) is 0 Å². The highest BCUT2D eigenvalue weighted by molar-refractivity contribution is 5.66. The summed E-state index contributed by atoms with van der Waals surface area (Å²) in [6.07, 6.45) is 1.75. The minimum Gasteiger partial charge on any atom is -0.467 e. The molecule has 0 atom stereocenters. The van der Waals surface area contributed by atoms with Crippen molar-refractivity contribution in [2.75, 3.05) is 37.5 Å². The van der Waals surface area contributed by atoms with E-state index in [0.29, 0.717) is 6.01 Å². The van der Waals surface area contributed by atoms with Crippen molar-refractivity contribution in [2.24, 2.45) is 0 Å². The first-order chi connectivity index (χ1) is 6.31. The maximum absolute atomic E-state index is 4.95. The van der Waals surface area contributed by atoms with Gasteiger partial charge in [0.25, 0.3) is 0 Å². The first-order valence-electron chi connectivity index (χ1n) is 4.17. The molecule has 1 aromatic rings. The summed E-state index contributed by atoms with van der Waals surface area (Å²) in [7, 11) is 3.57. The molecule has 0 spiro atoms. The van der Waals surface area contributed by atoms with Gasteiger partial charge in [0.2, 0.25) is 0 Å². The number of nitrogens with one attached hydrogen (secondary N) is 1. The number of likely N-dealkylation sites (N-methyl/N-ethyl adjacent to an activating group) is 1. The Kier molecular flexibility index (Phi) is 1.92. The van der Waals surface area contributed by atoms with E-state index in [-0.39, 0.29) is 0 Å². The van der Waals surface area contributed by atoms with Crippen molar-refractivity contribution >= 4 is 11.5 Å². The average Bonchev–Trinajstić information content (AvgIpc) is 2.18. The van der Waals surface area contributed by atoms with Crippen molar-refractivity contribution in [3.8, 4) is 6.01 Å². The van der Waals surface area contributed by atoms with Gasteiger partial charge in [0.05, 0.1) is 19.0 Å². The summed E-state index contributed by atoms with van der Waals surface area (Å²) in [6, 6.07) is 0.411. The molecule has 2 rings (SSSR count). The number of methoxy groups -OCH3 is 1. The van der Waals surface area contributed by atoms with Crippen LogP contribution < -0.4 is 15.0 Å². The molecule has 5 heteroatoms. The minimum atomic E-state index is 0.411. The lowest BCUT2D eigenvalue weighted by Gasteiger charge is -2.26. The second kappa shape index (κ2) is 3.08. The van der Waals surface area contributed by atoms with Gasteiger partial charge in [0, 0.05) is 20.1 Å². The molecule has 0 radical (unpaired) electrons. The van der Waals surface area contributed by atoms with E-state index in [2.05, 4.69) is 20.2 Å². The van der Waals surface area contributed by atoms with E-state index < -0.39 is 0 Å². The van der Waals surface area contributed by atoms with E-state index in [1.165, 1.54) is 0 Å². The molecule has 0 aliphatic carbocycles. The van der Waals surface area contributed by atoms with Gasteiger partial charge in [-0.1, -0.05) is 0 Å². The van der Waals surface area contributed by atoms with Crippen LogP contribution in [0.2, 0.25) is 0 Å².